The fourth-order valence-electron chi connectivity index (χ4n) is 4.01. The van der Waals surface area contributed by atoms with Crippen LogP contribution in [0.3, 0.4) is 0 Å². The number of hydrogen-bond acceptors (Lipinski definition) is 6. The number of carbonyl (C=O) groups excluding carboxylic acids is 2. The fraction of sp³-hybridized carbons (Fsp3) is 0.310. The number of amides is 2. The molecule has 0 aliphatic rings. The highest BCUT2D eigenvalue weighted by atomic mass is 79.9. The smallest absolute Gasteiger partial charge is 0.264 e. The minimum atomic E-state index is -4.38. The molecular weight excluding hydrogens is 617 g/mol. The monoisotopic (exact) mass is 649 g/mol. The highest BCUT2D eigenvalue weighted by Crippen LogP contribution is 2.32. The molecule has 0 unspecified atom stereocenters. The van der Waals surface area contributed by atoms with Crippen molar-refractivity contribution in [2.24, 2.45) is 0 Å². The van der Waals surface area contributed by atoms with Gasteiger partial charge in [-0.1, -0.05) is 28.1 Å². The highest BCUT2D eigenvalue weighted by Gasteiger charge is 2.33. The number of nitrogens with one attached hydrogen (secondary N) is 1. The second-order valence-electron chi connectivity index (χ2n) is 9.49. The van der Waals surface area contributed by atoms with E-state index in [1.807, 2.05) is 12.1 Å². The van der Waals surface area contributed by atoms with E-state index < -0.39 is 34.3 Å². The number of carbonyl (C=O) groups is 2. The van der Waals surface area contributed by atoms with Crippen LogP contribution in [0.1, 0.15) is 26.3 Å². The van der Waals surface area contributed by atoms with Crippen molar-refractivity contribution in [3.05, 3.63) is 82.6 Å². The van der Waals surface area contributed by atoms with Gasteiger partial charge in [0.1, 0.15) is 18.4 Å². The number of benzene rings is 3. The summed E-state index contributed by atoms with van der Waals surface area (Å²) in [5.41, 5.74) is 0.805. The van der Waals surface area contributed by atoms with E-state index in [2.05, 4.69) is 21.2 Å². The number of anilines is 1. The summed E-state index contributed by atoms with van der Waals surface area (Å²) >= 11 is 3.39. The van der Waals surface area contributed by atoms with Gasteiger partial charge in [0.25, 0.3) is 10.0 Å². The molecule has 3 aromatic carbocycles. The van der Waals surface area contributed by atoms with Crippen LogP contribution < -0.4 is 19.1 Å². The van der Waals surface area contributed by atoms with Crippen LogP contribution in [0.25, 0.3) is 0 Å². The second-order valence-corrected chi connectivity index (χ2v) is 12.3. The third kappa shape index (κ3) is 7.98. The lowest BCUT2D eigenvalue weighted by atomic mass is 10.1. The van der Waals surface area contributed by atoms with Gasteiger partial charge in [0, 0.05) is 23.1 Å². The van der Waals surface area contributed by atoms with Gasteiger partial charge in [0.05, 0.1) is 24.8 Å². The molecule has 0 aliphatic heterocycles. The maximum absolute atomic E-state index is 14.0. The summed E-state index contributed by atoms with van der Waals surface area (Å²) in [4.78, 5) is 28.0. The fourth-order valence-corrected chi connectivity index (χ4v) is 5.71. The van der Waals surface area contributed by atoms with E-state index in [0.717, 1.165) is 26.5 Å². The Morgan fingerprint density at radius 2 is 1.54 bits per heavy atom. The van der Waals surface area contributed by atoms with Crippen LogP contribution in [0.4, 0.5) is 10.1 Å². The van der Waals surface area contributed by atoms with Crippen molar-refractivity contribution < 1.29 is 31.9 Å². The van der Waals surface area contributed by atoms with Gasteiger partial charge in [0.15, 0.2) is 11.5 Å². The number of ether oxygens (including phenoxy) is 2. The van der Waals surface area contributed by atoms with E-state index in [9.17, 15) is 22.4 Å². The van der Waals surface area contributed by atoms with Gasteiger partial charge >= 0.3 is 0 Å². The lowest BCUT2D eigenvalue weighted by Crippen LogP contribution is -2.52. The van der Waals surface area contributed by atoms with Crippen molar-refractivity contribution in [1.29, 1.82) is 0 Å². The number of hydrogen-bond donors (Lipinski definition) is 1. The van der Waals surface area contributed by atoms with Gasteiger partial charge < -0.3 is 19.7 Å². The Bertz CT molecular complexity index is 1470. The predicted molar refractivity (Wildman–Crippen MR) is 158 cm³/mol. The molecule has 220 valence electrons. The molecule has 1 N–H and O–H groups in total. The molecule has 2 amide bonds. The van der Waals surface area contributed by atoms with Crippen LogP contribution in [0, 0.1) is 5.82 Å². The Labute approximate surface area is 248 Å². The molecule has 3 rings (SSSR count). The summed E-state index contributed by atoms with van der Waals surface area (Å²) < 4.78 is 54.0. The summed E-state index contributed by atoms with van der Waals surface area (Å²) in [5.74, 6) is -1.09. The van der Waals surface area contributed by atoms with Gasteiger partial charge in [-0.3, -0.25) is 13.9 Å². The summed E-state index contributed by atoms with van der Waals surface area (Å²) in [5, 5.41) is 2.80. The van der Waals surface area contributed by atoms with Crippen molar-refractivity contribution in [2.75, 3.05) is 25.1 Å². The normalized spacial score (nSPS) is 12.0. The minimum absolute atomic E-state index is 0.0481. The van der Waals surface area contributed by atoms with Crippen molar-refractivity contribution in [2.45, 2.75) is 44.3 Å². The first-order valence-electron chi connectivity index (χ1n) is 12.7. The molecule has 41 heavy (non-hydrogen) atoms. The average Bonchev–Trinajstić information content (AvgIpc) is 2.94. The van der Waals surface area contributed by atoms with Crippen LogP contribution in [-0.4, -0.2) is 58.0 Å². The first-order chi connectivity index (χ1) is 19.4. The number of methoxy groups -OCH3 is 2. The molecule has 0 radical (unpaired) electrons. The molecule has 3 aromatic rings. The van der Waals surface area contributed by atoms with Gasteiger partial charge in [-0.2, -0.15) is 0 Å². The highest BCUT2D eigenvalue weighted by molar-refractivity contribution is 9.10. The SMILES string of the molecule is COc1ccc(S(=O)(=O)N(CC(=O)N(Cc2ccc(Br)cc2)[C@H](C)C(=O)NC(C)C)c2ccc(F)cc2)cc1OC. The van der Waals surface area contributed by atoms with E-state index in [1.165, 1.54) is 49.5 Å². The predicted octanol–water partition coefficient (Wildman–Crippen LogP) is 4.74. The first-order valence-corrected chi connectivity index (χ1v) is 14.9. The molecule has 0 aliphatic carbocycles. The minimum Gasteiger partial charge on any atom is -0.493 e. The number of halogens is 2. The van der Waals surface area contributed by atoms with Crippen LogP contribution >= 0.6 is 15.9 Å². The molecular formula is C29H33BrFN3O6S. The van der Waals surface area contributed by atoms with Gasteiger partial charge in [-0.15, -0.1) is 0 Å². The molecule has 0 saturated heterocycles. The quantitative estimate of drug-likeness (QED) is 0.304. The second kappa shape index (κ2) is 13.8. The van der Waals surface area contributed by atoms with Gasteiger partial charge in [0.2, 0.25) is 11.8 Å². The molecule has 0 fully saturated rings. The zero-order valence-corrected chi connectivity index (χ0v) is 25.8. The van der Waals surface area contributed by atoms with Gasteiger partial charge in [-0.25, -0.2) is 12.8 Å². The lowest BCUT2D eigenvalue weighted by Gasteiger charge is -2.32. The first kappa shape index (κ1) is 31.9. The van der Waals surface area contributed by atoms with Crippen molar-refractivity contribution >= 4 is 43.5 Å². The zero-order chi connectivity index (χ0) is 30.3. The topological polar surface area (TPSA) is 105 Å². The summed E-state index contributed by atoms with van der Waals surface area (Å²) in [6, 6.07) is 14.9. The summed E-state index contributed by atoms with van der Waals surface area (Å²) in [6.07, 6.45) is 0. The molecule has 0 saturated carbocycles. The molecule has 0 bridgehead atoms. The number of nitrogens with zero attached hydrogens (tertiary/aromatic N) is 2. The third-order valence-corrected chi connectivity index (χ3v) is 8.50. The molecule has 12 heteroatoms. The zero-order valence-electron chi connectivity index (χ0n) is 23.4. The lowest BCUT2D eigenvalue weighted by molar-refractivity contribution is -0.139. The van der Waals surface area contributed by atoms with Crippen molar-refractivity contribution in [1.82, 2.24) is 10.2 Å². The third-order valence-electron chi connectivity index (χ3n) is 6.20. The summed E-state index contributed by atoms with van der Waals surface area (Å²) in [7, 11) is -1.58. The van der Waals surface area contributed by atoms with Crippen LogP contribution in [0.2, 0.25) is 0 Å². The van der Waals surface area contributed by atoms with Crippen molar-refractivity contribution in [3.63, 3.8) is 0 Å². The summed E-state index contributed by atoms with van der Waals surface area (Å²) in [6.45, 7) is 4.58. The van der Waals surface area contributed by atoms with E-state index >= 15 is 0 Å². The molecule has 1 atom stereocenters. The van der Waals surface area contributed by atoms with Crippen LogP contribution in [0.5, 0.6) is 11.5 Å². The Morgan fingerprint density at radius 3 is 2.10 bits per heavy atom. The Kier molecular flexibility index (Phi) is 10.7. The Hall–Kier alpha value is -3.64. The Balaban J connectivity index is 2.06. The van der Waals surface area contributed by atoms with E-state index in [1.54, 1.807) is 32.9 Å². The van der Waals surface area contributed by atoms with Crippen molar-refractivity contribution in [3.8, 4) is 11.5 Å². The van der Waals surface area contributed by atoms with Crippen LogP contribution in [-0.2, 0) is 26.2 Å². The number of sulfonamides is 1. The van der Waals surface area contributed by atoms with E-state index in [0.29, 0.717) is 5.75 Å². The maximum Gasteiger partial charge on any atom is 0.264 e. The van der Waals surface area contributed by atoms with E-state index in [4.69, 9.17) is 9.47 Å². The molecule has 0 heterocycles. The van der Waals surface area contributed by atoms with Crippen LogP contribution in [0.15, 0.2) is 76.1 Å². The van der Waals surface area contributed by atoms with E-state index in [-0.39, 0.29) is 34.8 Å². The molecule has 0 aromatic heterocycles. The average molecular weight is 651 g/mol. The largest absolute Gasteiger partial charge is 0.493 e. The number of rotatable bonds is 12. The maximum atomic E-state index is 14.0. The molecule has 9 nitrogen and oxygen atoms in total. The van der Waals surface area contributed by atoms with Gasteiger partial charge in [-0.05, 0) is 74.9 Å². The Morgan fingerprint density at radius 1 is 0.927 bits per heavy atom. The molecule has 0 spiro atoms. The standard InChI is InChI=1S/C29H33BrFN3O6S/c1-19(2)32-29(36)20(3)33(17-21-6-8-22(30)9-7-21)28(35)18-34(24-12-10-23(31)11-13-24)41(37,38)25-14-15-26(39-4)27(16-25)40-5/h6-16,19-20H,17-18H2,1-5H3,(H,32,36)/t20-/m1/s1.